The Bertz CT molecular complexity index is 2710. The van der Waals surface area contributed by atoms with Crippen LogP contribution in [0.2, 0.25) is 18.1 Å². The smallest absolute Gasteiger partial charge is 0.507 e. The van der Waals surface area contributed by atoms with Crippen molar-refractivity contribution >= 4 is 43.5 Å². The molecule has 382 valence electrons. The van der Waals surface area contributed by atoms with Gasteiger partial charge in [-0.05, 0) is 109 Å². The zero-order chi connectivity index (χ0) is 52.4. The van der Waals surface area contributed by atoms with Crippen LogP contribution in [0.4, 0.5) is 28.4 Å². The third-order valence-corrected chi connectivity index (χ3v) is 17.5. The highest BCUT2D eigenvalue weighted by Gasteiger charge is 2.69. The van der Waals surface area contributed by atoms with Crippen LogP contribution in [0, 0.1) is 11.8 Å². The number of aliphatic hydroxyl groups excluding tert-OH is 1. The first-order valence-corrected chi connectivity index (χ1v) is 26.2. The Morgan fingerprint density at radius 2 is 1.35 bits per heavy atom. The number of nitrogens with zero attached hydrogens (tertiary/aromatic N) is 3. The number of fused-ring (bicyclic) bond motifs is 4. The summed E-state index contributed by atoms with van der Waals surface area (Å²) in [7, 11) is 0.238. The molecule has 1 unspecified atom stereocenters. The van der Waals surface area contributed by atoms with E-state index in [0.29, 0.717) is 10.5 Å². The summed E-state index contributed by atoms with van der Waals surface area (Å²) >= 11 is 0. The normalized spacial score (nSPS) is 20.4. The molecule has 0 spiro atoms. The first-order chi connectivity index (χ1) is 32.8. The lowest BCUT2D eigenvalue weighted by Crippen LogP contribution is -2.68. The zero-order valence-electron chi connectivity index (χ0n) is 42.3. The van der Waals surface area contributed by atoms with Crippen LogP contribution < -0.4 is 19.1 Å². The number of rotatable bonds is 11. The van der Waals surface area contributed by atoms with E-state index in [9.17, 15) is 27.9 Å². The van der Waals surface area contributed by atoms with Gasteiger partial charge in [0.05, 0.1) is 11.6 Å². The number of Topliss-reactive ketones (excluding diaryl/α,β-unsaturated/α-hetero) is 2. The first-order valence-electron chi connectivity index (χ1n) is 23.3. The van der Waals surface area contributed by atoms with Gasteiger partial charge in [-0.1, -0.05) is 81.4 Å². The standard InChI is InChI=1S/C52H62F3N3O12Si/c1-48(2,3)67-46(62)58(47(63)68-49(4,5)6)34-26-35(66-52(53,54)55)32-24-31-25-33-39(57(10)11)42-38(45(56-69-42)65-28-30-22-18-15-19-23-30)44(61)51(33,70-71(12,13)50(7,8)9)43(60)36(31)40(59)37(32)41(34)64-27-29-20-16-14-17-21-29/h14-23,26,31,33,39,59H,24-25,27-28H2,1-13H3/t31-,33-,39-,51?/m0/s1. The van der Waals surface area contributed by atoms with Gasteiger partial charge in [-0.15, -0.1) is 13.2 Å². The summed E-state index contributed by atoms with van der Waals surface area (Å²) in [6.45, 7) is 18.3. The summed E-state index contributed by atoms with van der Waals surface area (Å²) in [4.78, 5) is 62.8. The van der Waals surface area contributed by atoms with E-state index < -0.39 is 107 Å². The van der Waals surface area contributed by atoms with Crippen LogP contribution in [0.25, 0.3) is 5.76 Å². The zero-order valence-corrected chi connectivity index (χ0v) is 43.3. The number of hydrogen-bond acceptors (Lipinski definition) is 14. The number of ether oxygens (including phenoxy) is 5. The molecule has 1 aromatic heterocycles. The molecule has 3 aliphatic rings. The number of benzene rings is 3. The Hall–Kier alpha value is -6.18. The van der Waals surface area contributed by atoms with Gasteiger partial charge in [0, 0.05) is 23.1 Å². The highest BCUT2D eigenvalue weighted by atomic mass is 28.4. The van der Waals surface area contributed by atoms with Gasteiger partial charge in [0.1, 0.15) is 47.2 Å². The van der Waals surface area contributed by atoms with Crippen LogP contribution in [0.1, 0.15) is 113 Å². The molecule has 0 aliphatic heterocycles. The molecule has 1 heterocycles. The minimum atomic E-state index is -5.36. The highest BCUT2D eigenvalue weighted by Crippen LogP contribution is 2.60. The number of halogens is 3. The maximum absolute atomic E-state index is 16.2. The van der Waals surface area contributed by atoms with Gasteiger partial charge in [0.25, 0.3) is 5.88 Å². The number of aliphatic hydroxyl groups is 1. The van der Waals surface area contributed by atoms with Crippen molar-refractivity contribution in [2.24, 2.45) is 11.8 Å². The minimum absolute atomic E-state index is 0.0159. The maximum atomic E-state index is 16.2. The molecule has 4 aromatic rings. The fourth-order valence-corrected chi connectivity index (χ4v) is 10.6. The number of ketones is 2. The fraction of sp³-hybridized carbons (Fsp3) is 0.481. The summed E-state index contributed by atoms with van der Waals surface area (Å²) in [5, 5.41) is 16.6. The van der Waals surface area contributed by atoms with E-state index in [1.807, 2.05) is 64.2 Å². The predicted molar refractivity (Wildman–Crippen MR) is 258 cm³/mol. The molecular weight excluding hydrogens is 944 g/mol. The summed E-state index contributed by atoms with van der Waals surface area (Å²) in [5.74, 6) is -6.27. The van der Waals surface area contributed by atoms with Crippen LogP contribution in [0.3, 0.4) is 0 Å². The molecule has 7 rings (SSSR count). The van der Waals surface area contributed by atoms with E-state index in [0.717, 1.165) is 11.6 Å². The van der Waals surface area contributed by atoms with Crippen LogP contribution in [0.5, 0.6) is 17.4 Å². The third-order valence-electron chi connectivity index (χ3n) is 13.1. The van der Waals surface area contributed by atoms with Gasteiger partial charge in [-0.25, -0.2) is 9.59 Å². The lowest BCUT2D eigenvalue weighted by molar-refractivity contribution is -0.275. The van der Waals surface area contributed by atoms with Crippen molar-refractivity contribution in [3.63, 3.8) is 0 Å². The van der Waals surface area contributed by atoms with E-state index in [2.05, 4.69) is 5.16 Å². The average molecular weight is 1010 g/mol. The van der Waals surface area contributed by atoms with Gasteiger partial charge in [-0.3, -0.25) is 14.5 Å². The second kappa shape index (κ2) is 18.8. The molecule has 1 fully saturated rings. The number of carbonyl (C=O) groups is 4. The molecule has 2 amide bonds. The fourth-order valence-electron chi connectivity index (χ4n) is 9.11. The summed E-state index contributed by atoms with van der Waals surface area (Å²) in [6.07, 6.45) is -8.59. The molecule has 15 nitrogen and oxygen atoms in total. The molecule has 1 saturated carbocycles. The number of imide groups is 1. The monoisotopic (exact) mass is 1010 g/mol. The van der Waals surface area contributed by atoms with Crippen LogP contribution in [-0.4, -0.2) is 84.5 Å². The second-order valence-electron chi connectivity index (χ2n) is 21.9. The lowest BCUT2D eigenvalue weighted by Gasteiger charge is -2.55. The van der Waals surface area contributed by atoms with Crippen molar-refractivity contribution in [2.75, 3.05) is 19.0 Å². The number of hydrogen-bond donors (Lipinski definition) is 1. The largest absolute Gasteiger partial charge is 0.573 e. The Morgan fingerprint density at radius 3 is 1.85 bits per heavy atom. The number of amides is 2. The molecule has 3 aliphatic carbocycles. The van der Waals surface area contributed by atoms with E-state index in [-0.39, 0.29) is 54.4 Å². The SMILES string of the molecule is CN(C)[C@@H]1c2onc(OCc3ccccc3)c2C(=O)C2(O[Si](C)(C)C(C)(C)C)C(=O)C3=C(O)c4c(c(OC(F)(F)F)cc(N(C(=O)OC(C)(C)C)C(=O)OC(C)(C)C)c4OCc4ccccc4)C[C@H]3C[C@@H]12. The van der Waals surface area contributed by atoms with Gasteiger partial charge in [0.2, 0.25) is 11.6 Å². The first kappa shape index (κ1) is 52.6. The summed E-state index contributed by atoms with van der Waals surface area (Å²) in [6, 6.07) is 17.6. The van der Waals surface area contributed by atoms with Gasteiger partial charge in [0.15, 0.2) is 25.4 Å². The van der Waals surface area contributed by atoms with E-state index >= 15 is 9.59 Å². The minimum Gasteiger partial charge on any atom is -0.507 e. The molecular formula is C52H62F3N3O12Si. The number of anilines is 1. The van der Waals surface area contributed by atoms with E-state index in [1.54, 1.807) is 49.3 Å². The predicted octanol–water partition coefficient (Wildman–Crippen LogP) is 11.7. The molecule has 4 atom stereocenters. The summed E-state index contributed by atoms with van der Waals surface area (Å²) in [5.41, 5.74) is -5.50. The molecule has 0 bridgehead atoms. The van der Waals surface area contributed by atoms with Crippen molar-refractivity contribution in [1.82, 2.24) is 10.1 Å². The molecule has 19 heteroatoms. The Kier molecular flexibility index (Phi) is 13.9. The number of carbonyl (C=O) groups excluding carboxylic acids is 4. The molecule has 3 aromatic carbocycles. The molecule has 1 N–H and O–H groups in total. The molecule has 0 radical (unpaired) electrons. The lowest BCUT2D eigenvalue weighted by atomic mass is 9.57. The third kappa shape index (κ3) is 10.4. The van der Waals surface area contributed by atoms with Gasteiger partial charge >= 0.3 is 18.5 Å². The Morgan fingerprint density at radius 1 is 0.817 bits per heavy atom. The van der Waals surface area contributed by atoms with Crippen LogP contribution >= 0.6 is 0 Å². The van der Waals surface area contributed by atoms with Gasteiger partial charge in [-0.2, -0.15) is 4.90 Å². The van der Waals surface area contributed by atoms with E-state index in [4.69, 9.17) is 32.6 Å². The second-order valence-corrected chi connectivity index (χ2v) is 26.6. The van der Waals surface area contributed by atoms with Crippen molar-refractivity contribution in [3.8, 4) is 17.4 Å². The van der Waals surface area contributed by atoms with Gasteiger partial charge < -0.3 is 37.7 Å². The highest BCUT2D eigenvalue weighted by molar-refractivity contribution is 6.74. The topological polar surface area (TPSA) is 176 Å². The molecule has 71 heavy (non-hydrogen) atoms. The maximum Gasteiger partial charge on any atom is 0.573 e. The van der Waals surface area contributed by atoms with Crippen molar-refractivity contribution in [1.29, 1.82) is 0 Å². The van der Waals surface area contributed by atoms with Crippen LogP contribution in [-0.2, 0) is 38.3 Å². The Balaban J connectivity index is 1.53. The molecule has 0 saturated heterocycles. The van der Waals surface area contributed by atoms with Crippen molar-refractivity contribution in [2.45, 2.75) is 136 Å². The quantitative estimate of drug-likeness (QED) is 0.111. The van der Waals surface area contributed by atoms with Crippen molar-refractivity contribution < 1.29 is 70.1 Å². The summed E-state index contributed by atoms with van der Waals surface area (Å²) < 4.78 is 85.9. The van der Waals surface area contributed by atoms with Crippen LogP contribution in [0.15, 0.2) is 76.8 Å². The average Bonchev–Trinajstić information content (AvgIpc) is 3.65. The van der Waals surface area contributed by atoms with Crippen molar-refractivity contribution in [3.05, 3.63) is 106 Å². The number of alkyl halides is 3. The number of aromatic nitrogens is 1. The van der Waals surface area contributed by atoms with E-state index in [1.165, 1.54) is 41.5 Å². The Labute approximate surface area is 412 Å².